The normalized spacial score (nSPS) is 18.9. The second-order valence-corrected chi connectivity index (χ2v) is 10.0. The predicted molar refractivity (Wildman–Crippen MR) is 136 cm³/mol. The molecule has 0 bridgehead atoms. The van der Waals surface area contributed by atoms with Gasteiger partial charge in [-0.15, -0.1) is 0 Å². The van der Waals surface area contributed by atoms with Gasteiger partial charge in [-0.2, -0.15) is 0 Å². The molecule has 1 unspecified atom stereocenters. The molecule has 0 saturated carbocycles. The highest BCUT2D eigenvalue weighted by atomic mass is 19.1. The first kappa shape index (κ1) is 22.1. The Hall–Kier alpha value is -3.42. The van der Waals surface area contributed by atoms with Gasteiger partial charge in [-0.1, -0.05) is 12.1 Å². The minimum absolute atomic E-state index is 0.234. The number of aromatic nitrogens is 3. The molecule has 1 saturated heterocycles. The van der Waals surface area contributed by atoms with Crippen LogP contribution in [-0.2, 0) is 6.54 Å². The van der Waals surface area contributed by atoms with Gasteiger partial charge in [0.05, 0.1) is 17.5 Å². The van der Waals surface area contributed by atoms with Crippen LogP contribution in [0, 0.1) is 11.7 Å². The number of β-amino-alcohol motifs (C(OH)–C–C–N with tert-alkyl or cyclic N) is 1. The zero-order chi connectivity index (χ0) is 24.1. The van der Waals surface area contributed by atoms with E-state index in [4.69, 9.17) is 0 Å². The SMILES string of the molecule is CN(C)CCC1CN(c2ccc3c(c2)Cn2cc(-c4ccc(F)cc4)cc2-c2nccn2-3)C[C@@H]1O. The lowest BCUT2D eigenvalue weighted by atomic mass is 10.0. The van der Waals surface area contributed by atoms with Crippen molar-refractivity contribution in [3.8, 4) is 28.3 Å². The van der Waals surface area contributed by atoms with Crippen LogP contribution >= 0.6 is 0 Å². The second-order valence-electron chi connectivity index (χ2n) is 10.0. The molecular formula is C28H30FN5O. The molecule has 0 amide bonds. The van der Waals surface area contributed by atoms with E-state index in [1.54, 1.807) is 0 Å². The van der Waals surface area contributed by atoms with Crippen LogP contribution in [0.5, 0.6) is 0 Å². The van der Waals surface area contributed by atoms with E-state index in [0.29, 0.717) is 13.1 Å². The highest BCUT2D eigenvalue weighted by molar-refractivity contribution is 5.72. The Morgan fingerprint density at radius 2 is 1.89 bits per heavy atom. The van der Waals surface area contributed by atoms with E-state index in [0.717, 1.165) is 53.5 Å². The number of aliphatic hydroxyl groups is 1. The predicted octanol–water partition coefficient (Wildman–Crippen LogP) is 4.26. The summed E-state index contributed by atoms with van der Waals surface area (Å²) in [5, 5.41) is 10.7. The summed E-state index contributed by atoms with van der Waals surface area (Å²) in [5.41, 5.74) is 6.53. The quantitative estimate of drug-likeness (QED) is 0.416. The molecule has 4 heterocycles. The summed E-state index contributed by atoms with van der Waals surface area (Å²) in [7, 11) is 4.15. The number of aliphatic hydroxyl groups excluding tert-OH is 1. The van der Waals surface area contributed by atoms with E-state index in [9.17, 15) is 9.50 Å². The average Bonchev–Trinajstić information content (AvgIpc) is 3.55. The molecule has 7 heteroatoms. The van der Waals surface area contributed by atoms with Crippen LogP contribution in [0.4, 0.5) is 10.1 Å². The molecule has 2 aliphatic heterocycles. The van der Waals surface area contributed by atoms with Crippen molar-refractivity contribution in [1.82, 2.24) is 19.0 Å². The van der Waals surface area contributed by atoms with Crippen molar-refractivity contribution in [2.24, 2.45) is 5.92 Å². The van der Waals surface area contributed by atoms with Gasteiger partial charge in [0, 0.05) is 55.4 Å². The maximum Gasteiger partial charge on any atom is 0.161 e. The maximum atomic E-state index is 13.5. The number of benzene rings is 2. The van der Waals surface area contributed by atoms with Gasteiger partial charge in [0.25, 0.3) is 0 Å². The molecule has 0 spiro atoms. The van der Waals surface area contributed by atoms with Crippen molar-refractivity contribution in [3.05, 3.63) is 78.5 Å². The fraction of sp³-hybridized carbons (Fsp3) is 0.321. The lowest BCUT2D eigenvalue weighted by Gasteiger charge is -2.21. The summed E-state index contributed by atoms with van der Waals surface area (Å²) in [5.74, 6) is 0.943. The van der Waals surface area contributed by atoms with Gasteiger partial charge in [0.15, 0.2) is 5.82 Å². The van der Waals surface area contributed by atoms with Crippen molar-refractivity contribution < 1.29 is 9.50 Å². The van der Waals surface area contributed by atoms with Crippen molar-refractivity contribution in [2.45, 2.75) is 19.1 Å². The Balaban J connectivity index is 1.34. The molecule has 35 heavy (non-hydrogen) atoms. The Kier molecular flexibility index (Phi) is 5.46. The molecule has 2 atom stereocenters. The summed E-state index contributed by atoms with van der Waals surface area (Å²) in [6.07, 6.45) is 6.65. The van der Waals surface area contributed by atoms with Crippen LogP contribution in [0.1, 0.15) is 12.0 Å². The van der Waals surface area contributed by atoms with Crippen LogP contribution in [0.3, 0.4) is 0 Å². The number of imidazole rings is 1. The summed E-state index contributed by atoms with van der Waals surface area (Å²) < 4.78 is 17.8. The van der Waals surface area contributed by atoms with Crippen LogP contribution in [0.2, 0.25) is 0 Å². The molecule has 6 rings (SSSR count). The Morgan fingerprint density at radius 3 is 2.69 bits per heavy atom. The third kappa shape index (κ3) is 4.05. The molecule has 6 nitrogen and oxygen atoms in total. The third-order valence-electron chi connectivity index (χ3n) is 7.33. The molecule has 180 valence electrons. The Bertz CT molecular complexity index is 1360. The number of hydrogen-bond acceptors (Lipinski definition) is 4. The number of nitrogens with zero attached hydrogens (tertiary/aromatic N) is 5. The number of anilines is 1. The van der Waals surface area contributed by atoms with Gasteiger partial charge >= 0.3 is 0 Å². The Morgan fingerprint density at radius 1 is 1.06 bits per heavy atom. The van der Waals surface area contributed by atoms with E-state index in [2.05, 4.69) is 68.5 Å². The van der Waals surface area contributed by atoms with Crippen molar-refractivity contribution >= 4 is 5.69 Å². The number of fused-ring (bicyclic) bond motifs is 5. The van der Waals surface area contributed by atoms with Gasteiger partial charge in [-0.05, 0) is 74.6 Å². The van der Waals surface area contributed by atoms with Crippen LogP contribution in [0.25, 0.3) is 28.3 Å². The van der Waals surface area contributed by atoms with E-state index in [1.807, 2.05) is 24.5 Å². The van der Waals surface area contributed by atoms with Crippen LogP contribution in [0.15, 0.2) is 67.1 Å². The standard InChI is InChI=1S/C28H30FN5O/c1-31(2)11-9-20-15-32(18-27(20)35)24-7-8-25-22(13-24)17-33-16-21(19-3-5-23(29)6-4-19)14-26(33)28-30-10-12-34(25)28/h3-8,10,12-14,16,20,27,35H,9,11,15,17-18H2,1-2H3/t20?,27-/m0/s1. The molecule has 0 aliphatic carbocycles. The minimum Gasteiger partial charge on any atom is -0.391 e. The van der Waals surface area contributed by atoms with E-state index >= 15 is 0 Å². The first-order valence-corrected chi connectivity index (χ1v) is 12.2. The second kappa shape index (κ2) is 8.66. The number of halogens is 1. The van der Waals surface area contributed by atoms with Crippen molar-refractivity contribution in [2.75, 3.05) is 38.6 Å². The minimum atomic E-state index is -0.302. The molecular weight excluding hydrogens is 441 g/mol. The molecule has 4 aromatic rings. The highest BCUT2D eigenvalue weighted by Gasteiger charge is 2.32. The lowest BCUT2D eigenvalue weighted by Crippen LogP contribution is -2.23. The summed E-state index contributed by atoms with van der Waals surface area (Å²) >= 11 is 0. The molecule has 1 fully saturated rings. The smallest absolute Gasteiger partial charge is 0.161 e. The zero-order valence-electron chi connectivity index (χ0n) is 20.1. The molecule has 2 aromatic carbocycles. The van der Waals surface area contributed by atoms with Gasteiger partial charge in [0.1, 0.15) is 5.82 Å². The zero-order valence-corrected chi connectivity index (χ0v) is 20.1. The van der Waals surface area contributed by atoms with Gasteiger partial charge in [-0.25, -0.2) is 9.37 Å². The number of hydrogen-bond donors (Lipinski definition) is 1. The monoisotopic (exact) mass is 471 g/mol. The van der Waals surface area contributed by atoms with Crippen LogP contribution < -0.4 is 4.90 Å². The lowest BCUT2D eigenvalue weighted by molar-refractivity contribution is 0.138. The summed E-state index contributed by atoms with van der Waals surface area (Å²) in [6, 6.07) is 15.3. The molecule has 2 aromatic heterocycles. The fourth-order valence-corrected chi connectivity index (χ4v) is 5.40. The topological polar surface area (TPSA) is 49.5 Å². The Labute approximate surface area is 204 Å². The first-order valence-electron chi connectivity index (χ1n) is 12.2. The summed E-state index contributed by atoms with van der Waals surface area (Å²) in [4.78, 5) is 9.15. The third-order valence-corrected chi connectivity index (χ3v) is 7.33. The summed E-state index contributed by atoms with van der Waals surface area (Å²) in [6.45, 7) is 3.23. The average molecular weight is 472 g/mol. The van der Waals surface area contributed by atoms with E-state index in [1.165, 1.54) is 17.7 Å². The van der Waals surface area contributed by atoms with Gasteiger partial charge < -0.3 is 19.5 Å². The van der Waals surface area contributed by atoms with Crippen LogP contribution in [-0.4, -0.2) is 64.0 Å². The fourth-order valence-electron chi connectivity index (χ4n) is 5.40. The molecule has 1 N–H and O–H groups in total. The van der Waals surface area contributed by atoms with Crippen molar-refractivity contribution in [3.63, 3.8) is 0 Å². The van der Waals surface area contributed by atoms with E-state index < -0.39 is 0 Å². The number of rotatable bonds is 5. The first-order chi connectivity index (χ1) is 17.0. The van der Waals surface area contributed by atoms with Crippen molar-refractivity contribution in [1.29, 1.82) is 0 Å². The maximum absolute atomic E-state index is 13.5. The molecule has 0 radical (unpaired) electrons. The highest BCUT2D eigenvalue weighted by Crippen LogP contribution is 2.36. The largest absolute Gasteiger partial charge is 0.391 e. The van der Waals surface area contributed by atoms with Gasteiger partial charge in [0.2, 0.25) is 0 Å². The molecule has 2 aliphatic rings. The van der Waals surface area contributed by atoms with E-state index in [-0.39, 0.29) is 17.8 Å². The van der Waals surface area contributed by atoms with Gasteiger partial charge in [-0.3, -0.25) is 4.57 Å².